The number of pyridine rings is 1. The summed E-state index contributed by atoms with van der Waals surface area (Å²) in [5.41, 5.74) is 1.81. The number of aliphatic hydroxyl groups excluding tert-OH is 1. The molecule has 2 rings (SSSR count). The molecular formula is C13H14N2O2. The van der Waals surface area contributed by atoms with Crippen LogP contribution in [0.2, 0.25) is 0 Å². The maximum absolute atomic E-state index is 9.85. The van der Waals surface area contributed by atoms with E-state index in [-0.39, 0.29) is 0 Å². The lowest BCUT2D eigenvalue weighted by atomic mass is 10.2. The van der Waals surface area contributed by atoms with E-state index in [0.29, 0.717) is 11.6 Å². The fraction of sp³-hybridized carbons (Fsp3) is 0.154. The molecule has 17 heavy (non-hydrogen) atoms. The first-order chi connectivity index (χ1) is 8.19. The van der Waals surface area contributed by atoms with Gasteiger partial charge in [-0.15, -0.1) is 0 Å². The molecule has 2 aromatic rings. The molecule has 0 spiro atoms. The van der Waals surface area contributed by atoms with Gasteiger partial charge in [0.1, 0.15) is 5.82 Å². The molecule has 2 aromatic heterocycles. The summed E-state index contributed by atoms with van der Waals surface area (Å²) in [4.78, 5) is 4.27. The van der Waals surface area contributed by atoms with Crippen LogP contribution in [0.1, 0.15) is 23.2 Å². The second-order valence-corrected chi connectivity index (χ2v) is 3.69. The third-order valence-corrected chi connectivity index (χ3v) is 2.31. The van der Waals surface area contributed by atoms with Gasteiger partial charge in [0.15, 0.2) is 12.0 Å². The maximum atomic E-state index is 9.85. The summed E-state index contributed by atoms with van der Waals surface area (Å²) < 4.78 is 5.09. The first-order valence-corrected chi connectivity index (χ1v) is 5.28. The maximum Gasteiger partial charge on any atom is 0.185 e. The molecule has 2 heterocycles. The Labute approximate surface area is 99.6 Å². The topological polar surface area (TPSA) is 58.3 Å². The zero-order valence-corrected chi connectivity index (χ0v) is 9.55. The standard InChI is InChI=1S/C13H14N2O2/c1-3-10-7-9(2)14-12(8-10)15-13(16)11-5-4-6-17-11/h3-8,13,16H,1H2,2H3,(H,14,15). The summed E-state index contributed by atoms with van der Waals surface area (Å²) in [7, 11) is 0. The van der Waals surface area contributed by atoms with Gasteiger partial charge in [-0.1, -0.05) is 12.7 Å². The number of aryl methyl sites for hydroxylation is 1. The van der Waals surface area contributed by atoms with Crippen LogP contribution >= 0.6 is 0 Å². The highest BCUT2D eigenvalue weighted by atomic mass is 16.4. The van der Waals surface area contributed by atoms with E-state index in [1.165, 1.54) is 6.26 Å². The van der Waals surface area contributed by atoms with Gasteiger partial charge in [-0.25, -0.2) is 4.98 Å². The highest BCUT2D eigenvalue weighted by molar-refractivity contribution is 5.53. The monoisotopic (exact) mass is 230 g/mol. The van der Waals surface area contributed by atoms with Crippen molar-refractivity contribution in [2.45, 2.75) is 13.2 Å². The lowest BCUT2D eigenvalue weighted by Gasteiger charge is -2.12. The van der Waals surface area contributed by atoms with Gasteiger partial charge >= 0.3 is 0 Å². The van der Waals surface area contributed by atoms with Crippen LogP contribution in [0.15, 0.2) is 41.5 Å². The number of hydrogen-bond acceptors (Lipinski definition) is 4. The van der Waals surface area contributed by atoms with Crippen LogP contribution in [-0.4, -0.2) is 10.1 Å². The summed E-state index contributed by atoms with van der Waals surface area (Å²) in [5.74, 6) is 1.04. The summed E-state index contributed by atoms with van der Waals surface area (Å²) in [6.07, 6.45) is 2.34. The number of aliphatic hydroxyl groups is 1. The Morgan fingerprint density at radius 2 is 2.35 bits per heavy atom. The number of hydrogen-bond donors (Lipinski definition) is 2. The number of nitrogens with one attached hydrogen (secondary N) is 1. The molecule has 1 atom stereocenters. The fourth-order valence-corrected chi connectivity index (χ4v) is 1.55. The lowest BCUT2D eigenvalue weighted by Crippen LogP contribution is -2.10. The Kier molecular flexibility index (Phi) is 3.25. The highest BCUT2D eigenvalue weighted by Gasteiger charge is 2.10. The molecule has 0 aliphatic carbocycles. The van der Waals surface area contributed by atoms with E-state index in [4.69, 9.17) is 4.42 Å². The second-order valence-electron chi connectivity index (χ2n) is 3.69. The quantitative estimate of drug-likeness (QED) is 0.793. The number of nitrogens with zero attached hydrogens (tertiary/aromatic N) is 1. The molecule has 1 unspecified atom stereocenters. The van der Waals surface area contributed by atoms with Gasteiger partial charge in [0.2, 0.25) is 0 Å². The molecule has 0 amide bonds. The molecule has 0 fully saturated rings. The summed E-state index contributed by atoms with van der Waals surface area (Å²) in [6, 6.07) is 7.14. The van der Waals surface area contributed by atoms with Crippen molar-refractivity contribution in [3.63, 3.8) is 0 Å². The first kappa shape index (κ1) is 11.4. The molecule has 4 heteroatoms. The van der Waals surface area contributed by atoms with Gasteiger partial charge in [0.05, 0.1) is 6.26 Å². The van der Waals surface area contributed by atoms with E-state index < -0.39 is 6.23 Å². The van der Waals surface area contributed by atoms with E-state index >= 15 is 0 Å². The molecule has 2 N–H and O–H groups in total. The molecule has 0 saturated heterocycles. The predicted octanol–water partition coefficient (Wildman–Crippen LogP) is 2.73. The molecule has 0 aromatic carbocycles. The minimum atomic E-state index is -0.906. The predicted molar refractivity (Wildman–Crippen MR) is 66.4 cm³/mol. The third kappa shape index (κ3) is 2.73. The molecule has 88 valence electrons. The van der Waals surface area contributed by atoms with Crippen LogP contribution < -0.4 is 5.32 Å². The third-order valence-electron chi connectivity index (χ3n) is 2.31. The highest BCUT2D eigenvalue weighted by Crippen LogP contribution is 2.18. The number of aromatic nitrogens is 1. The average molecular weight is 230 g/mol. The minimum Gasteiger partial charge on any atom is -0.465 e. The molecule has 0 radical (unpaired) electrons. The molecule has 0 aliphatic rings. The van der Waals surface area contributed by atoms with Gasteiger partial charge in [-0.05, 0) is 36.8 Å². The average Bonchev–Trinajstić information content (AvgIpc) is 2.81. The Hall–Kier alpha value is -2.07. The van der Waals surface area contributed by atoms with Crippen molar-refractivity contribution < 1.29 is 9.52 Å². The van der Waals surface area contributed by atoms with Crippen LogP contribution in [0, 0.1) is 6.92 Å². The number of anilines is 1. The zero-order valence-electron chi connectivity index (χ0n) is 9.55. The van der Waals surface area contributed by atoms with Gasteiger partial charge in [-0.3, -0.25) is 0 Å². The van der Waals surface area contributed by atoms with E-state index in [0.717, 1.165) is 11.3 Å². The summed E-state index contributed by atoms with van der Waals surface area (Å²) in [5, 5.41) is 12.7. The summed E-state index contributed by atoms with van der Waals surface area (Å²) >= 11 is 0. The normalized spacial score (nSPS) is 12.1. The van der Waals surface area contributed by atoms with Crippen molar-refractivity contribution >= 4 is 11.9 Å². The molecular weight excluding hydrogens is 216 g/mol. The van der Waals surface area contributed by atoms with E-state index in [1.807, 2.05) is 19.1 Å². The van der Waals surface area contributed by atoms with Crippen molar-refractivity contribution in [3.05, 3.63) is 54.1 Å². The van der Waals surface area contributed by atoms with Crippen molar-refractivity contribution in [1.82, 2.24) is 4.98 Å². The number of rotatable bonds is 4. The SMILES string of the molecule is C=Cc1cc(C)nc(NC(O)c2ccco2)c1. The second kappa shape index (κ2) is 4.84. The van der Waals surface area contributed by atoms with Gasteiger partial charge in [0, 0.05) is 5.69 Å². The molecule has 0 bridgehead atoms. The summed E-state index contributed by atoms with van der Waals surface area (Å²) in [6.45, 7) is 5.59. The molecule has 4 nitrogen and oxygen atoms in total. The van der Waals surface area contributed by atoms with Crippen molar-refractivity contribution in [2.75, 3.05) is 5.32 Å². The molecule has 0 saturated carbocycles. The van der Waals surface area contributed by atoms with Crippen LogP contribution in [-0.2, 0) is 0 Å². The van der Waals surface area contributed by atoms with Gasteiger partial charge in [0.25, 0.3) is 0 Å². The van der Waals surface area contributed by atoms with Crippen LogP contribution in [0.3, 0.4) is 0 Å². The van der Waals surface area contributed by atoms with Crippen LogP contribution in [0.5, 0.6) is 0 Å². The fourth-order valence-electron chi connectivity index (χ4n) is 1.55. The van der Waals surface area contributed by atoms with E-state index in [9.17, 15) is 5.11 Å². The minimum absolute atomic E-state index is 0.452. The van der Waals surface area contributed by atoms with E-state index in [2.05, 4.69) is 16.9 Å². The van der Waals surface area contributed by atoms with E-state index in [1.54, 1.807) is 18.2 Å². The first-order valence-electron chi connectivity index (χ1n) is 5.28. The zero-order chi connectivity index (χ0) is 12.3. The Morgan fingerprint density at radius 1 is 1.53 bits per heavy atom. The van der Waals surface area contributed by atoms with Crippen molar-refractivity contribution in [2.24, 2.45) is 0 Å². The largest absolute Gasteiger partial charge is 0.465 e. The smallest absolute Gasteiger partial charge is 0.185 e. The van der Waals surface area contributed by atoms with Crippen molar-refractivity contribution in [3.8, 4) is 0 Å². The van der Waals surface area contributed by atoms with Crippen LogP contribution in [0.4, 0.5) is 5.82 Å². The van der Waals surface area contributed by atoms with Crippen LogP contribution in [0.25, 0.3) is 6.08 Å². The Bertz CT molecular complexity index is 506. The molecule has 0 aliphatic heterocycles. The van der Waals surface area contributed by atoms with Gasteiger partial charge < -0.3 is 14.8 Å². The van der Waals surface area contributed by atoms with Gasteiger partial charge in [-0.2, -0.15) is 0 Å². The Balaban J connectivity index is 2.18. The Morgan fingerprint density at radius 3 is 3.00 bits per heavy atom. The number of furan rings is 1. The lowest BCUT2D eigenvalue weighted by molar-refractivity contribution is 0.177. The van der Waals surface area contributed by atoms with Crippen molar-refractivity contribution in [1.29, 1.82) is 0 Å².